The van der Waals surface area contributed by atoms with Crippen molar-refractivity contribution < 1.29 is 0 Å². The first-order chi connectivity index (χ1) is 3.80. The molecule has 8 heavy (non-hydrogen) atoms. The van der Waals surface area contributed by atoms with Gasteiger partial charge in [0.05, 0.1) is 0 Å². The van der Waals surface area contributed by atoms with Gasteiger partial charge in [-0.2, -0.15) is 5.10 Å². The first-order valence-electron chi connectivity index (χ1n) is 2.14. The van der Waals surface area contributed by atoms with E-state index < -0.39 is 0 Å². The number of hydrogen-bond donors (Lipinski definition) is 0. The minimum atomic E-state index is -0.139. The molecule has 1 aromatic heterocycles. The van der Waals surface area contributed by atoms with Crippen LogP contribution in [0.1, 0.15) is 0 Å². The summed E-state index contributed by atoms with van der Waals surface area (Å²) in [6.07, 6.45) is 2.53. The highest BCUT2D eigenvalue weighted by Crippen LogP contribution is 1.59. The highest BCUT2D eigenvalue weighted by Gasteiger charge is 1.82. The maximum Gasteiger partial charge on any atom is 0.271 e. The lowest BCUT2D eigenvalue weighted by Gasteiger charge is -1.87. The van der Waals surface area contributed by atoms with Gasteiger partial charge in [-0.05, 0) is 0 Å². The van der Waals surface area contributed by atoms with Crippen LogP contribution in [0.4, 0.5) is 0 Å². The second-order valence-corrected chi connectivity index (χ2v) is 1.42. The summed E-state index contributed by atoms with van der Waals surface area (Å²) in [5.41, 5.74) is -0.139. The van der Waals surface area contributed by atoms with Crippen molar-refractivity contribution in [2.75, 3.05) is 0 Å². The maximum absolute atomic E-state index is 10.5. The highest BCUT2D eigenvalue weighted by atomic mass is 16.1. The van der Waals surface area contributed by atoms with E-state index in [0.29, 0.717) is 0 Å². The van der Waals surface area contributed by atoms with E-state index >= 15 is 0 Å². The third-order valence-electron chi connectivity index (χ3n) is 0.807. The van der Waals surface area contributed by atoms with Crippen molar-refractivity contribution in [1.29, 1.82) is 0 Å². The molecule has 1 aromatic rings. The Labute approximate surface area is 45.8 Å². The Hall–Kier alpha value is -1.19. The molecule has 0 aromatic carbocycles. The van der Waals surface area contributed by atoms with Gasteiger partial charge in [0.2, 0.25) is 0 Å². The summed E-state index contributed by atoms with van der Waals surface area (Å²) in [5, 5.41) is 6.82. The molecular weight excluding hydrogens is 106 g/mol. The van der Waals surface area contributed by atoms with E-state index in [2.05, 4.69) is 10.2 Å². The topological polar surface area (TPSA) is 47.8 Å². The van der Waals surface area contributed by atoms with Gasteiger partial charge < -0.3 is 0 Å². The molecule has 0 bridgehead atoms. The van der Waals surface area contributed by atoms with Crippen LogP contribution >= 0.6 is 0 Å². The fourth-order valence-corrected chi connectivity index (χ4v) is 0.338. The standard InChI is InChI=1S/C4H5N3O/c1-7-3-6-5-2-4(7)8/h2-3H,1H3. The average molecular weight is 111 g/mol. The largest absolute Gasteiger partial charge is 0.300 e. The zero-order chi connectivity index (χ0) is 5.98. The molecule has 1 rings (SSSR count). The van der Waals surface area contributed by atoms with Gasteiger partial charge in [0, 0.05) is 7.05 Å². The molecule has 0 saturated carbocycles. The van der Waals surface area contributed by atoms with E-state index in [1.807, 2.05) is 0 Å². The highest BCUT2D eigenvalue weighted by molar-refractivity contribution is 4.68. The zero-order valence-electron chi connectivity index (χ0n) is 4.40. The fraction of sp³-hybridized carbons (Fsp3) is 0.250. The van der Waals surface area contributed by atoms with Crippen molar-refractivity contribution in [1.82, 2.24) is 14.8 Å². The third-order valence-corrected chi connectivity index (χ3v) is 0.807. The Kier molecular flexibility index (Phi) is 1.07. The first kappa shape index (κ1) is 4.96. The van der Waals surface area contributed by atoms with E-state index in [0.717, 1.165) is 0 Å². The van der Waals surface area contributed by atoms with Crippen molar-refractivity contribution in [3.8, 4) is 0 Å². The van der Waals surface area contributed by atoms with Crippen molar-refractivity contribution >= 4 is 0 Å². The molecule has 0 N–H and O–H groups in total. The Balaban J connectivity index is 3.35. The Bertz CT molecular complexity index is 229. The SMILES string of the molecule is Cn1cnncc1=O. The van der Waals surface area contributed by atoms with Gasteiger partial charge in [-0.3, -0.25) is 9.36 Å². The number of rotatable bonds is 0. The second kappa shape index (κ2) is 1.73. The van der Waals surface area contributed by atoms with E-state index in [1.165, 1.54) is 17.1 Å². The summed E-state index contributed by atoms with van der Waals surface area (Å²) < 4.78 is 1.35. The van der Waals surface area contributed by atoms with Gasteiger partial charge in [0.1, 0.15) is 12.5 Å². The Morgan fingerprint density at radius 2 is 2.38 bits per heavy atom. The molecule has 4 nitrogen and oxygen atoms in total. The Morgan fingerprint density at radius 3 is 2.75 bits per heavy atom. The summed E-state index contributed by atoms with van der Waals surface area (Å²) >= 11 is 0. The van der Waals surface area contributed by atoms with Gasteiger partial charge in [-0.1, -0.05) is 0 Å². The van der Waals surface area contributed by atoms with Crippen molar-refractivity contribution in [2.24, 2.45) is 7.05 Å². The molecule has 0 unspecified atom stereocenters. The second-order valence-electron chi connectivity index (χ2n) is 1.42. The number of nitrogens with zero attached hydrogens (tertiary/aromatic N) is 3. The molecule has 0 aliphatic heterocycles. The number of aromatic nitrogens is 3. The minimum Gasteiger partial charge on any atom is -0.300 e. The van der Waals surface area contributed by atoms with Gasteiger partial charge in [-0.15, -0.1) is 5.10 Å². The molecule has 42 valence electrons. The predicted octanol–water partition coefficient (Wildman–Crippen LogP) is -0.825. The third kappa shape index (κ3) is 0.726. The summed E-state index contributed by atoms with van der Waals surface area (Å²) in [5.74, 6) is 0. The van der Waals surface area contributed by atoms with Gasteiger partial charge >= 0.3 is 0 Å². The van der Waals surface area contributed by atoms with Crippen LogP contribution in [0.3, 0.4) is 0 Å². The van der Waals surface area contributed by atoms with E-state index in [1.54, 1.807) is 7.05 Å². The average Bonchev–Trinajstić information content (AvgIpc) is 1.77. The smallest absolute Gasteiger partial charge is 0.271 e. The summed E-state index contributed by atoms with van der Waals surface area (Å²) in [6, 6.07) is 0. The minimum absolute atomic E-state index is 0.139. The monoisotopic (exact) mass is 111 g/mol. The molecule has 0 saturated heterocycles. The molecule has 0 aliphatic carbocycles. The molecular formula is C4H5N3O. The van der Waals surface area contributed by atoms with Crippen LogP contribution in [0.25, 0.3) is 0 Å². The van der Waals surface area contributed by atoms with E-state index in [-0.39, 0.29) is 5.56 Å². The van der Waals surface area contributed by atoms with Crippen LogP contribution in [0, 0.1) is 0 Å². The lowest BCUT2D eigenvalue weighted by molar-refractivity contribution is 0.774. The van der Waals surface area contributed by atoms with Crippen molar-refractivity contribution in [2.45, 2.75) is 0 Å². The first-order valence-corrected chi connectivity index (χ1v) is 2.14. The molecule has 0 spiro atoms. The molecule has 0 amide bonds. The van der Waals surface area contributed by atoms with E-state index in [4.69, 9.17) is 0 Å². The maximum atomic E-state index is 10.5. The van der Waals surface area contributed by atoms with Crippen LogP contribution in [0.2, 0.25) is 0 Å². The van der Waals surface area contributed by atoms with E-state index in [9.17, 15) is 4.79 Å². The normalized spacial score (nSPS) is 9.12. The van der Waals surface area contributed by atoms with Crippen molar-refractivity contribution in [3.05, 3.63) is 22.9 Å². The molecule has 0 aliphatic rings. The lowest BCUT2D eigenvalue weighted by atomic mass is 10.8. The molecule has 0 fully saturated rings. The van der Waals surface area contributed by atoms with Crippen LogP contribution in [0.5, 0.6) is 0 Å². The van der Waals surface area contributed by atoms with Gasteiger partial charge in [0.15, 0.2) is 0 Å². The summed E-state index contributed by atoms with van der Waals surface area (Å²) in [7, 11) is 1.62. The predicted molar refractivity (Wildman–Crippen MR) is 27.3 cm³/mol. The molecule has 0 radical (unpaired) electrons. The quantitative estimate of drug-likeness (QED) is 0.439. The van der Waals surface area contributed by atoms with Crippen LogP contribution in [0.15, 0.2) is 17.3 Å². The summed E-state index contributed by atoms with van der Waals surface area (Å²) in [4.78, 5) is 10.5. The number of aryl methyl sites for hydroxylation is 1. The number of hydrogen-bond acceptors (Lipinski definition) is 3. The Morgan fingerprint density at radius 1 is 1.62 bits per heavy atom. The van der Waals surface area contributed by atoms with Crippen LogP contribution in [-0.4, -0.2) is 14.8 Å². The molecule has 1 heterocycles. The summed E-state index contributed by atoms with van der Waals surface area (Å²) in [6.45, 7) is 0. The van der Waals surface area contributed by atoms with Gasteiger partial charge in [-0.25, -0.2) is 0 Å². The molecule has 4 heteroatoms. The van der Waals surface area contributed by atoms with Crippen molar-refractivity contribution in [3.63, 3.8) is 0 Å². The van der Waals surface area contributed by atoms with Gasteiger partial charge in [0.25, 0.3) is 5.56 Å². The van der Waals surface area contributed by atoms with Crippen LogP contribution in [-0.2, 0) is 7.05 Å². The fourth-order valence-electron chi connectivity index (χ4n) is 0.338. The zero-order valence-corrected chi connectivity index (χ0v) is 4.40. The van der Waals surface area contributed by atoms with Crippen LogP contribution < -0.4 is 5.56 Å². The lowest BCUT2D eigenvalue weighted by Crippen LogP contribution is -2.15. The molecule has 0 atom stereocenters.